The highest BCUT2D eigenvalue weighted by Gasteiger charge is 2.13. The van der Waals surface area contributed by atoms with Gasteiger partial charge >= 0.3 is 0 Å². The molecule has 0 aliphatic heterocycles. The molecule has 1 rings (SSSR count). The first kappa shape index (κ1) is 14.8. The lowest BCUT2D eigenvalue weighted by molar-refractivity contribution is 0.0549. The highest BCUT2D eigenvalue weighted by molar-refractivity contribution is 5.42. The van der Waals surface area contributed by atoms with E-state index in [2.05, 4.69) is 5.32 Å². The standard InChI is InChI=1S/C14H23NO3/c1-14(2,16)7-8-18-12-6-5-11(10-15-3)9-13(12)17-4/h5-6,9,15-16H,7-8,10H2,1-4H3. The molecule has 0 bridgehead atoms. The van der Waals surface area contributed by atoms with Crippen LogP contribution in [0.3, 0.4) is 0 Å². The van der Waals surface area contributed by atoms with Gasteiger partial charge in [0.05, 0.1) is 19.3 Å². The third-order valence-corrected chi connectivity index (χ3v) is 2.58. The summed E-state index contributed by atoms with van der Waals surface area (Å²) in [5, 5.41) is 12.7. The Balaban J connectivity index is 2.65. The highest BCUT2D eigenvalue weighted by Crippen LogP contribution is 2.28. The second-order valence-corrected chi connectivity index (χ2v) is 4.93. The normalized spacial score (nSPS) is 11.4. The second kappa shape index (κ2) is 6.61. The number of benzene rings is 1. The van der Waals surface area contributed by atoms with E-state index in [4.69, 9.17) is 9.47 Å². The van der Waals surface area contributed by atoms with Crippen LogP contribution in [0.2, 0.25) is 0 Å². The van der Waals surface area contributed by atoms with Crippen LogP contribution in [0.15, 0.2) is 18.2 Å². The van der Waals surface area contributed by atoms with E-state index in [0.29, 0.717) is 18.8 Å². The van der Waals surface area contributed by atoms with Crippen LogP contribution in [-0.2, 0) is 6.54 Å². The molecule has 0 fully saturated rings. The molecule has 0 amide bonds. The van der Waals surface area contributed by atoms with Crippen LogP contribution in [0.25, 0.3) is 0 Å². The van der Waals surface area contributed by atoms with Gasteiger partial charge in [-0.15, -0.1) is 0 Å². The van der Waals surface area contributed by atoms with Gasteiger partial charge in [-0.25, -0.2) is 0 Å². The fourth-order valence-electron chi connectivity index (χ4n) is 1.56. The van der Waals surface area contributed by atoms with Crippen molar-refractivity contribution in [3.8, 4) is 11.5 Å². The van der Waals surface area contributed by atoms with Crippen LogP contribution in [0.1, 0.15) is 25.8 Å². The van der Waals surface area contributed by atoms with Crippen molar-refractivity contribution < 1.29 is 14.6 Å². The van der Waals surface area contributed by atoms with E-state index >= 15 is 0 Å². The average Bonchev–Trinajstić information content (AvgIpc) is 2.29. The van der Waals surface area contributed by atoms with Gasteiger partial charge in [0, 0.05) is 13.0 Å². The van der Waals surface area contributed by atoms with E-state index < -0.39 is 5.60 Å². The molecule has 0 aliphatic rings. The first-order valence-electron chi connectivity index (χ1n) is 6.13. The predicted molar refractivity (Wildman–Crippen MR) is 72.2 cm³/mol. The average molecular weight is 253 g/mol. The Morgan fingerprint density at radius 1 is 1.28 bits per heavy atom. The lowest BCUT2D eigenvalue weighted by Gasteiger charge is -2.18. The number of methoxy groups -OCH3 is 1. The zero-order chi connectivity index (χ0) is 13.6. The summed E-state index contributed by atoms with van der Waals surface area (Å²) in [6, 6.07) is 5.85. The van der Waals surface area contributed by atoms with Crippen molar-refractivity contribution in [2.45, 2.75) is 32.4 Å². The van der Waals surface area contributed by atoms with Gasteiger partial charge < -0.3 is 19.9 Å². The topological polar surface area (TPSA) is 50.7 Å². The molecule has 1 aromatic rings. The molecule has 4 nitrogen and oxygen atoms in total. The van der Waals surface area contributed by atoms with Crippen LogP contribution in [0.4, 0.5) is 0 Å². The fourth-order valence-corrected chi connectivity index (χ4v) is 1.56. The summed E-state index contributed by atoms with van der Waals surface area (Å²) in [6.45, 7) is 4.79. The van der Waals surface area contributed by atoms with Crippen LogP contribution < -0.4 is 14.8 Å². The lowest BCUT2D eigenvalue weighted by Crippen LogP contribution is -2.21. The second-order valence-electron chi connectivity index (χ2n) is 4.93. The van der Waals surface area contributed by atoms with Crippen LogP contribution in [-0.4, -0.2) is 31.5 Å². The summed E-state index contributed by atoms with van der Waals surface area (Å²) in [6.07, 6.45) is 0.578. The quantitative estimate of drug-likeness (QED) is 0.780. The third kappa shape index (κ3) is 4.94. The SMILES string of the molecule is CNCc1ccc(OCCC(C)(C)O)c(OC)c1. The molecule has 0 radical (unpaired) electrons. The summed E-state index contributed by atoms with van der Waals surface area (Å²) in [7, 11) is 3.53. The van der Waals surface area contributed by atoms with Crippen molar-refractivity contribution in [1.29, 1.82) is 0 Å². The number of ether oxygens (including phenoxy) is 2. The molecule has 0 aliphatic carbocycles. The summed E-state index contributed by atoms with van der Waals surface area (Å²) in [5.41, 5.74) is 0.434. The van der Waals surface area contributed by atoms with Gasteiger partial charge in [-0.1, -0.05) is 6.07 Å². The molecule has 0 aromatic heterocycles. The van der Waals surface area contributed by atoms with Crippen molar-refractivity contribution in [1.82, 2.24) is 5.32 Å². The zero-order valence-electron chi connectivity index (χ0n) is 11.6. The molecule has 1 aromatic carbocycles. The van der Waals surface area contributed by atoms with E-state index in [-0.39, 0.29) is 0 Å². The van der Waals surface area contributed by atoms with Gasteiger partial charge in [0.15, 0.2) is 11.5 Å². The number of nitrogens with one attached hydrogen (secondary N) is 1. The van der Waals surface area contributed by atoms with Gasteiger partial charge in [0.25, 0.3) is 0 Å². The predicted octanol–water partition coefficient (Wildman–Crippen LogP) is 1.95. The number of rotatable bonds is 7. The van der Waals surface area contributed by atoms with Crippen LogP contribution in [0.5, 0.6) is 11.5 Å². The minimum Gasteiger partial charge on any atom is -0.493 e. The number of hydrogen-bond acceptors (Lipinski definition) is 4. The minimum absolute atomic E-state index is 0.464. The van der Waals surface area contributed by atoms with E-state index in [1.165, 1.54) is 0 Å². The Bertz CT molecular complexity index is 372. The molecule has 0 saturated carbocycles. The van der Waals surface area contributed by atoms with E-state index in [1.807, 2.05) is 25.2 Å². The van der Waals surface area contributed by atoms with Gasteiger partial charge in [0.1, 0.15) is 0 Å². The minimum atomic E-state index is -0.709. The third-order valence-electron chi connectivity index (χ3n) is 2.58. The van der Waals surface area contributed by atoms with Gasteiger partial charge in [0.2, 0.25) is 0 Å². The van der Waals surface area contributed by atoms with Gasteiger partial charge in [-0.3, -0.25) is 0 Å². The maximum absolute atomic E-state index is 9.62. The monoisotopic (exact) mass is 253 g/mol. The Hall–Kier alpha value is -1.26. The van der Waals surface area contributed by atoms with Crippen molar-refractivity contribution in [2.75, 3.05) is 20.8 Å². The zero-order valence-corrected chi connectivity index (χ0v) is 11.6. The Morgan fingerprint density at radius 2 is 2.00 bits per heavy atom. The fraction of sp³-hybridized carbons (Fsp3) is 0.571. The maximum Gasteiger partial charge on any atom is 0.161 e. The van der Waals surface area contributed by atoms with Crippen molar-refractivity contribution in [3.63, 3.8) is 0 Å². The van der Waals surface area contributed by atoms with Crippen molar-refractivity contribution >= 4 is 0 Å². The molecule has 18 heavy (non-hydrogen) atoms. The largest absolute Gasteiger partial charge is 0.493 e. The molecular formula is C14H23NO3. The van der Waals surface area contributed by atoms with Gasteiger partial charge in [-0.2, -0.15) is 0 Å². The summed E-state index contributed by atoms with van der Waals surface area (Å²) in [4.78, 5) is 0. The summed E-state index contributed by atoms with van der Waals surface area (Å²) < 4.78 is 10.9. The van der Waals surface area contributed by atoms with Crippen molar-refractivity contribution in [2.24, 2.45) is 0 Å². The highest BCUT2D eigenvalue weighted by atomic mass is 16.5. The smallest absolute Gasteiger partial charge is 0.161 e. The molecule has 0 atom stereocenters. The first-order chi connectivity index (χ1) is 8.46. The van der Waals surface area contributed by atoms with Crippen molar-refractivity contribution in [3.05, 3.63) is 23.8 Å². The molecule has 4 heteroatoms. The molecule has 0 spiro atoms. The van der Waals surface area contributed by atoms with E-state index in [1.54, 1.807) is 21.0 Å². The lowest BCUT2D eigenvalue weighted by atomic mass is 10.1. The summed E-state index contributed by atoms with van der Waals surface area (Å²) in [5.74, 6) is 1.43. The molecule has 102 valence electrons. The number of aliphatic hydroxyl groups is 1. The van der Waals surface area contributed by atoms with E-state index in [9.17, 15) is 5.11 Å². The Labute approximate surface area is 109 Å². The summed E-state index contributed by atoms with van der Waals surface area (Å²) >= 11 is 0. The molecule has 0 unspecified atom stereocenters. The Morgan fingerprint density at radius 3 is 2.56 bits per heavy atom. The Kier molecular flexibility index (Phi) is 5.44. The molecular weight excluding hydrogens is 230 g/mol. The molecule has 0 saturated heterocycles. The maximum atomic E-state index is 9.62. The van der Waals surface area contributed by atoms with E-state index in [0.717, 1.165) is 17.9 Å². The van der Waals surface area contributed by atoms with Crippen LogP contribution >= 0.6 is 0 Å². The first-order valence-corrected chi connectivity index (χ1v) is 6.13. The van der Waals surface area contributed by atoms with Crippen LogP contribution in [0, 0.1) is 0 Å². The van der Waals surface area contributed by atoms with Gasteiger partial charge in [-0.05, 0) is 38.6 Å². The molecule has 2 N–H and O–H groups in total. The number of hydrogen-bond donors (Lipinski definition) is 2. The molecule has 0 heterocycles.